The van der Waals surface area contributed by atoms with Gasteiger partial charge in [-0.3, -0.25) is 0 Å². The summed E-state index contributed by atoms with van der Waals surface area (Å²) >= 11 is 6.54. The van der Waals surface area contributed by atoms with E-state index >= 15 is 0 Å². The number of benzene rings is 1. The van der Waals surface area contributed by atoms with Crippen molar-refractivity contribution in [2.45, 2.75) is 31.1 Å². The molecule has 2 rings (SSSR count). The molecular formula is C13H18Br2N2O2S. The molecule has 20 heavy (non-hydrogen) atoms. The largest absolute Gasteiger partial charge is 0.399 e. The Morgan fingerprint density at radius 3 is 2.40 bits per heavy atom. The van der Waals surface area contributed by atoms with Crippen LogP contribution < -0.4 is 10.5 Å². The number of hydrogen-bond donors (Lipinski definition) is 2. The Morgan fingerprint density at radius 2 is 1.90 bits per heavy atom. The fourth-order valence-corrected chi connectivity index (χ4v) is 6.36. The molecule has 1 aliphatic carbocycles. The van der Waals surface area contributed by atoms with Crippen molar-refractivity contribution in [2.24, 2.45) is 11.8 Å². The molecule has 4 nitrogen and oxygen atoms in total. The second-order valence-electron chi connectivity index (χ2n) is 5.33. The van der Waals surface area contributed by atoms with E-state index < -0.39 is 10.0 Å². The van der Waals surface area contributed by atoms with Crippen LogP contribution in [0.4, 0.5) is 5.69 Å². The molecule has 0 saturated heterocycles. The minimum absolute atomic E-state index is 0.206. The van der Waals surface area contributed by atoms with Gasteiger partial charge in [0.1, 0.15) is 4.90 Å². The summed E-state index contributed by atoms with van der Waals surface area (Å²) in [6, 6.07) is 3.19. The van der Waals surface area contributed by atoms with Crippen LogP contribution in [0.1, 0.15) is 26.2 Å². The number of anilines is 1. The minimum Gasteiger partial charge on any atom is -0.399 e. The average Bonchev–Trinajstić information content (AvgIpc) is 2.70. The molecule has 2 atom stereocenters. The van der Waals surface area contributed by atoms with Crippen molar-refractivity contribution in [1.29, 1.82) is 0 Å². The van der Waals surface area contributed by atoms with Gasteiger partial charge in [0, 0.05) is 21.2 Å². The highest BCUT2D eigenvalue weighted by Gasteiger charge is 2.27. The molecule has 1 fully saturated rings. The zero-order valence-electron chi connectivity index (χ0n) is 11.2. The lowest BCUT2D eigenvalue weighted by molar-refractivity contribution is 0.414. The van der Waals surface area contributed by atoms with E-state index in [1.54, 1.807) is 12.1 Å². The van der Waals surface area contributed by atoms with Crippen LogP contribution in [0.2, 0.25) is 0 Å². The number of hydrogen-bond acceptors (Lipinski definition) is 3. The van der Waals surface area contributed by atoms with E-state index in [0.29, 0.717) is 33.0 Å². The van der Waals surface area contributed by atoms with Gasteiger partial charge in [-0.1, -0.05) is 19.8 Å². The first kappa shape index (κ1) is 16.3. The van der Waals surface area contributed by atoms with Crippen LogP contribution in [0, 0.1) is 11.8 Å². The van der Waals surface area contributed by atoms with Crippen molar-refractivity contribution < 1.29 is 8.42 Å². The smallest absolute Gasteiger partial charge is 0.242 e. The summed E-state index contributed by atoms with van der Waals surface area (Å²) in [6.07, 6.45) is 3.46. The molecule has 0 amide bonds. The van der Waals surface area contributed by atoms with Crippen LogP contribution in [-0.4, -0.2) is 15.0 Å². The van der Waals surface area contributed by atoms with Gasteiger partial charge in [0.2, 0.25) is 10.0 Å². The second kappa shape index (κ2) is 6.34. The topological polar surface area (TPSA) is 72.2 Å². The van der Waals surface area contributed by atoms with Gasteiger partial charge >= 0.3 is 0 Å². The van der Waals surface area contributed by atoms with E-state index in [1.165, 1.54) is 12.8 Å². The third-order valence-electron chi connectivity index (χ3n) is 3.86. The first-order valence-corrected chi connectivity index (χ1v) is 9.62. The maximum atomic E-state index is 12.4. The van der Waals surface area contributed by atoms with Crippen molar-refractivity contribution in [3.63, 3.8) is 0 Å². The summed E-state index contributed by atoms with van der Waals surface area (Å²) in [5, 5.41) is 0. The van der Waals surface area contributed by atoms with E-state index in [1.807, 2.05) is 0 Å². The number of nitrogens with one attached hydrogen (secondary N) is 1. The molecule has 3 N–H and O–H groups in total. The first-order chi connectivity index (χ1) is 9.31. The Bertz CT molecular complexity index is 581. The molecule has 0 bridgehead atoms. The van der Waals surface area contributed by atoms with E-state index in [-0.39, 0.29) is 4.90 Å². The lowest BCUT2D eigenvalue weighted by atomic mass is 9.99. The lowest BCUT2D eigenvalue weighted by Crippen LogP contribution is -2.30. The minimum atomic E-state index is -3.55. The standard InChI is InChI=1S/C13H18Br2N2O2S/c1-8-3-2-4-9(8)7-17-20(18,19)13-11(14)5-10(16)6-12(13)15/h5-6,8-9,17H,2-4,7,16H2,1H3. The van der Waals surface area contributed by atoms with Crippen LogP contribution in [0.15, 0.2) is 26.0 Å². The second-order valence-corrected chi connectivity index (χ2v) is 8.75. The van der Waals surface area contributed by atoms with Crippen molar-refractivity contribution >= 4 is 47.6 Å². The predicted octanol–water partition coefficient (Wildman–Crippen LogP) is 3.51. The molecule has 0 aliphatic heterocycles. The van der Waals surface area contributed by atoms with Crippen LogP contribution in [0.3, 0.4) is 0 Å². The van der Waals surface area contributed by atoms with E-state index in [4.69, 9.17) is 5.73 Å². The molecule has 1 aromatic carbocycles. The van der Waals surface area contributed by atoms with Crippen LogP contribution in [0.25, 0.3) is 0 Å². The molecule has 7 heteroatoms. The number of halogens is 2. The maximum absolute atomic E-state index is 12.4. The van der Waals surface area contributed by atoms with Gasteiger partial charge in [0.05, 0.1) is 0 Å². The van der Waals surface area contributed by atoms with Gasteiger partial charge in [-0.2, -0.15) is 0 Å². The zero-order valence-corrected chi connectivity index (χ0v) is 15.2. The predicted molar refractivity (Wildman–Crippen MR) is 87.9 cm³/mol. The van der Waals surface area contributed by atoms with Gasteiger partial charge in [0.25, 0.3) is 0 Å². The Balaban J connectivity index is 2.18. The monoisotopic (exact) mass is 424 g/mol. The van der Waals surface area contributed by atoms with Crippen molar-refractivity contribution in [3.8, 4) is 0 Å². The third-order valence-corrected chi connectivity index (χ3v) is 7.16. The molecule has 0 radical (unpaired) electrons. The van der Waals surface area contributed by atoms with Gasteiger partial charge in [-0.05, 0) is 62.2 Å². The molecule has 1 saturated carbocycles. The molecule has 1 aliphatic rings. The van der Waals surface area contributed by atoms with Crippen molar-refractivity contribution in [2.75, 3.05) is 12.3 Å². The highest BCUT2D eigenvalue weighted by molar-refractivity contribution is 9.11. The number of sulfonamides is 1. The molecule has 0 aromatic heterocycles. The van der Waals surface area contributed by atoms with Gasteiger partial charge in [-0.25, -0.2) is 13.1 Å². The highest BCUT2D eigenvalue weighted by atomic mass is 79.9. The van der Waals surface area contributed by atoms with Crippen LogP contribution in [0.5, 0.6) is 0 Å². The van der Waals surface area contributed by atoms with Gasteiger partial charge in [0.15, 0.2) is 0 Å². The summed E-state index contributed by atoms with van der Waals surface area (Å²) in [6.45, 7) is 2.67. The number of nitrogens with two attached hydrogens (primary N) is 1. The van der Waals surface area contributed by atoms with Gasteiger partial charge < -0.3 is 5.73 Å². The van der Waals surface area contributed by atoms with Gasteiger partial charge in [-0.15, -0.1) is 0 Å². The molecule has 0 spiro atoms. The quantitative estimate of drug-likeness (QED) is 0.725. The zero-order chi connectivity index (χ0) is 14.9. The molecule has 1 aromatic rings. The van der Waals surface area contributed by atoms with Crippen LogP contribution in [-0.2, 0) is 10.0 Å². The van der Waals surface area contributed by atoms with Crippen molar-refractivity contribution in [1.82, 2.24) is 4.72 Å². The molecule has 0 heterocycles. The molecule has 112 valence electrons. The summed E-state index contributed by atoms with van der Waals surface area (Å²) in [5.41, 5.74) is 6.19. The lowest BCUT2D eigenvalue weighted by Gasteiger charge is -2.17. The Morgan fingerprint density at radius 1 is 1.30 bits per heavy atom. The fraction of sp³-hybridized carbons (Fsp3) is 0.538. The van der Waals surface area contributed by atoms with Crippen LogP contribution >= 0.6 is 31.9 Å². The normalized spacial score (nSPS) is 23.1. The summed E-state index contributed by atoms with van der Waals surface area (Å²) in [5.74, 6) is 1.01. The number of nitrogen functional groups attached to an aromatic ring is 1. The number of rotatable bonds is 4. The summed E-state index contributed by atoms with van der Waals surface area (Å²) < 4.78 is 28.5. The van der Waals surface area contributed by atoms with E-state index in [2.05, 4.69) is 43.5 Å². The van der Waals surface area contributed by atoms with Crippen molar-refractivity contribution in [3.05, 3.63) is 21.1 Å². The average molecular weight is 426 g/mol. The first-order valence-electron chi connectivity index (χ1n) is 6.55. The summed E-state index contributed by atoms with van der Waals surface area (Å²) in [4.78, 5) is 0.206. The maximum Gasteiger partial charge on any atom is 0.242 e. The molecule has 2 unspecified atom stereocenters. The Kier molecular flexibility index (Phi) is 5.15. The summed E-state index contributed by atoms with van der Waals surface area (Å²) in [7, 11) is -3.55. The Labute approximate surface area is 136 Å². The third kappa shape index (κ3) is 3.55. The van der Waals surface area contributed by atoms with E-state index in [9.17, 15) is 8.42 Å². The highest BCUT2D eigenvalue weighted by Crippen LogP contribution is 2.34. The SMILES string of the molecule is CC1CCCC1CNS(=O)(=O)c1c(Br)cc(N)cc1Br. The molecular weight excluding hydrogens is 408 g/mol. The van der Waals surface area contributed by atoms with E-state index in [0.717, 1.165) is 6.42 Å². The Hall–Kier alpha value is -0.110. The fourth-order valence-electron chi connectivity index (χ4n) is 2.65.